The number of amides is 1. The van der Waals surface area contributed by atoms with Crippen molar-refractivity contribution in [1.29, 1.82) is 0 Å². The van der Waals surface area contributed by atoms with Crippen molar-refractivity contribution in [1.82, 2.24) is 14.9 Å². The molecule has 0 saturated carbocycles. The van der Waals surface area contributed by atoms with Crippen molar-refractivity contribution < 1.29 is 9.53 Å². The van der Waals surface area contributed by atoms with Crippen LogP contribution in [0.5, 0.6) is 0 Å². The molecule has 7 heteroatoms. The second kappa shape index (κ2) is 5.72. The van der Waals surface area contributed by atoms with Crippen LogP contribution in [0.25, 0.3) is 10.2 Å². The third kappa shape index (κ3) is 2.59. The molecule has 2 aromatic heterocycles. The SMILES string of the molecule is C[C@H](Nc1ncnc2sccc12)C(=O)N1CCOCC1. The zero-order chi connectivity index (χ0) is 13.9. The maximum absolute atomic E-state index is 12.3. The fraction of sp³-hybridized carbons (Fsp3) is 0.462. The number of anilines is 1. The lowest BCUT2D eigenvalue weighted by atomic mass is 10.2. The van der Waals surface area contributed by atoms with Crippen molar-refractivity contribution in [2.75, 3.05) is 31.6 Å². The molecule has 0 radical (unpaired) electrons. The quantitative estimate of drug-likeness (QED) is 0.925. The van der Waals surface area contributed by atoms with E-state index in [0.29, 0.717) is 32.1 Å². The van der Waals surface area contributed by atoms with Crippen LogP contribution in [0.1, 0.15) is 6.92 Å². The van der Waals surface area contributed by atoms with Gasteiger partial charge in [0, 0.05) is 13.1 Å². The molecule has 0 aromatic carbocycles. The van der Waals surface area contributed by atoms with Crippen LogP contribution in [0.4, 0.5) is 5.82 Å². The summed E-state index contributed by atoms with van der Waals surface area (Å²) in [6.07, 6.45) is 1.52. The Balaban J connectivity index is 1.73. The molecule has 20 heavy (non-hydrogen) atoms. The lowest BCUT2D eigenvalue weighted by Crippen LogP contribution is -2.47. The van der Waals surface area contributed by atoms with E-state index in [1.54, 1.807) is 11.3 Å². The van der Waals surface area contributed by atoms with Gasteiger partial charge in [0.1, 0.15) is 23.0 Å². The predicted octanol–water partition coefficient (Wildman–Crippen LogP) is 1.35. The second-order valence-electron chi connectivity index (χ2n) is 4.67. The molecule has 0 unspecified atom stereocenters. The molecule has 1 atom stereocenters. The number of carbonyl (C=O) groups excluding carboxylic acids is 1. The van der Waals surface area contributed by atoms with Crippen LogP contribution in [0, 0.1) is 0 Å². The summed E-state index contributed by atoms with van der Waals surface area (Å²) in [7, 11) is 0. The monoisotopic (exact) mass is 292 g/mol. The summed E-state index contributed by atoms with van der Waals surface area (Å²) in [5.74, 6) is 0.792. The number of hydrogen-bond donors (Lipinski definition) is 1. The Bertz CT molecular complexity index is 609. The van der Waals surface area contributed by atoms with Gasteiger partial charge in [0.15, 0.2) is 0 Å². The highest BCUT2D eigenvalue weighted by Gasteiger charge is 2.23. The van der Waals surface area contributed by atoms with Crippen LogP contribution in [-0.2, 0) is 9.53 Å². The third-order valence-corrected chi connectivity index (χ3v) is 4.13. The van der Waals surface area contributed by atoms with Crippen molar-refractivity contribution in [2.24, 2.45) is 0 Å². The Morgan fingerprint density at radius 1 is 1.45 bits per heavy atom. The Hall–Kier alpha value is -1.73. The molecule has 1 amide bonds. The van der Waals surface area contributed by atoms with E-state index in [9.17, 15) is 4.79 Å². The van der Waals surface area contributed by atoms with E-state index in [2.05, 4.69) is 15.3 Å². The zero-order valence-electron chi connectivity index (χ0n) is 11.2. The summed E-state index contributed by atoms with van der Waals surface area (Å²) >= 11 is 1.56. The average Bonchev–Trinajstić information content (AvgIpc) is 2.97. The van der Waals surface area contributed by atoms with Crippen molar-refractivity contribution >= 4 is 33.3 Å². The summed E-state index contributed by atoms with van der Waals surface area (Å²) in [6.45, 7) is 4.39. The smallest absolute Gasteiger partial charge is 0.244 e. The largest absolute Gasteiger partial charge is 0.378 e. The summed E-state index contributed by atoms with van der Waals surface area (Å²) in [5, 5.41) is 6.12. The molecular weight excluding hydrogens is 276 g/mol. The van der Waals surface area contributed by atoms with Crippen LogP contribution in [0.2, 0.25) is 0 Å². The number of rotatable bonds is 3. The summed E-state index contributed by atoms with van der Waals surface area (Å²) < 4.78 is 5.26. The first-order valence-corrected chi connectivity index (χ1v) is 7.45. The Kier molecular flexibility index (Phi) is 3.79. The van der Waals surface area contributed by atoms with Crippen LogP contribution in [-0.4, -0.2) is 53.1 Å². The summed E-state index contributed by atoms with van der Waals surface area (Å²) in [5.41, 5.74) is 0. The molecule has 1 saturated heterocycles. The maximum Gasteiger partial charge on any atom is 0.244 e. The second-order valence-corrected chi connectivity index (χ2v) is 5.56. The predicted molar refractivity (Wildman–Crippen MR) is 77.9 cm³/mol. The maximum atomic E-state index is 12.3. The fourth-order valence-electron chi connectivity index (χ4n) is 2.23. The first-order chi connectivity index (χ1) is 9.75. The number of thiophene rings is 1. The number of fused-ring (bicyclic) bond motifs is 1. The van der Waals surface area contributed by atoms with Crippen LogP contribution in [0.15, 0.2) is 17.8 Å². The van der Waals surface area contributed by atoms with Gasteiger partial charge in [-0.3, -0.25) is 4.79 Å². The van der Waals surface area contributed by atoms with Crippen molar-refractivity contribution in [3.05, 3.63) is 17.8 Å². The minimum absolute atomic E-state index is 0.0790. The number of carbonyl (C=O) groups is 1. The standard InChI is InChI=1S/C13H16N4O2S/c1-9(13(18)17-3-5-19-6-4-17)16-11-10-2-7-20-12(10)15-8-14-11/h2,7-9H,3-6H2,1H3,(H,14,15,16)/t9-/m0/s1. The molecule has 0 bridgehead atoms. The van der Waals surface area contributed by atoms with Gasteiger partial charge in [-0.2, -0.15) is 0 Å². The number of ether oxygens (including phenoxy) is 1. The van der Waals surface area contributed by atoms with Crippen molar-refractivity contribution in [3.8, 4) is 0 Å². The van der Waals surface area contributed by atoms with Gasteiger partial charge in [-0.15, -0.1) is 11.3 Å². The molecule has 1 N–H and O–H groups in total. The number of nitrogens with zero attached hydrogens (tertiary/aromatic N) is 3. The lowest BCUT2D eigenvalue weighted by Gasteiger charge is -2.29. The van der Waals surface area contributed by atoms with Gasteiger partial charge in [0.2, 0.25) is 5.91 Å². The van der Waals surface area contributed by atoms with Crippen molar-refractivity contribution in [2.45, 2.75) is 13.0 Å². The van der Waals surface area contributed by atoms with Gasteiger partial charge in [0.25, 0.3) is 0 Å². The molecule has 6 nitrogen and oxygen atoms in total. The number of hydrogen-bond acceptors (Lipinski definition) is 6. The molecular formula is C13H16N4O2S. The van der Waals surface area contributed by atoms with Gasteiger partial charge in [-0.05, 0) is 18.4 Å². The van der Waals surface area contributed by atoms with E-state index in [4.69, 9.17) is 4.74 Å². The van der Waals surface area contributed by atoms with E-state index >= 15 is 0 Å². The average molecular weight is 292 g/mol. The Morgan fingerprint density at radius 2 is 2.25 bits per heavy atom. The van der Waals surface area contributed by atoms with Gasteiger partial charge in [-0.25, -0.2) is 9.97 Å². The van der Waals surface area contributed by atoms with Crippen LogP contribution < -0.4 is 5.32 Å². The first kappa shape index (κ1) is 13.3. The van der Waals surface area contributed by atoms with E-state index in [1.165, 1.54) is 6.33 Å². The minimum Gasteiger partial charge on any atom is -0.378 e. The van der Waals surface area contributed by atoms with Crippen molar-refractivity contribution in [3.63, 3.8) is 0 Å². The highest BCUT2D eigenvalue weighted by molar-refractivity contribution is 7.16. The third-order valence-electron chi connectivity index (χ3n) is 3.31. The number of morpholine rings is 1. The molecule has 1 aliphatic rings. The minimum atomic E-state index is -0.314. The highest BCUT2D eigenvalue weighted by atomic mass is 32.1. The molecule has 1 fully saturated rings. The summed E-state index contributed by atoms with van der Waals surface area (Å²) in [4.78, 5) is 23.5. The molecule has 106 valence electrons. The van der Waals surface area contributed by atoms with E-state index in [0.717, 1.165) is 10.2 Å². The highest BCUT2D eigenvalue weighted by Crippen LogP contribution is 2.24. The molecule has 2 aromatic rings. The zero-order valence-corrected chi connectivity index (χ0v) is 12.0. The number of nitrogens with one attached hydrogen (secondary N) is 1. The van der Waals surface area contributed by atoms with Gasteiger partial charge >= 0.3 is 0 Å². The summed E-state index contributed by atoms with van der Waals surface area (Å²) in [6, 6.07) is 1.65. The fourth-order valence-corrected chi connectivity index (χ4v) is 2.96. The Labute approximate surface area is 120 Å². The number of aromatic nitrogens is 2. The van der Waals surface area contributed by atoms with E-state index < -0.39 is 0 Å². The molecule has 1 aliphatic heterocycles. The van der Waals surface area contributed by atoms with Gasteiger partial charge in [0.05, 0.1) is 18.6 Å². The molecule has 3 rings (SSSR count). The first-order valence-electron chi connectivity index (χ1n) is 6.57. The van der Waals surface area contributed by atoms with Crippen LogP contribution >= 0.6 is 11.3 Å². The van der Waals surface area contributed by atoms with E-state index in [1.807, 2.05) is 23.3 Å². The van der Waals surface area contributed by atoms with Crippen LogP contribution in [0.3, 0.4) is 0 Å². The van der Waals surface area contributed by atoms with E-state index in [-0.39, 0.29) is 11.9 Å². The Morgan fingerprint density at radius 3 is 3.05 bits per heavy atom. The van der Waals surface area contributed by atoms with Gasteiger partial charge in [-0.1, -0.05) is 0 Å². The van der Waals surface area contributed by atoms with Gasteiger partial charge < -0.3 is 15.0 Å². The molecule has 0 spiro atoms. The molecule has 0 aliphatic carbocycles. The lowest BCUT2D eigenvalue weighted by molar-refractivity contribution is -0.135. The molecule has 3 heterocycles. The normalized spacial score (nSPS) is 17.1. The topological polar surface area (TPSA) is 67.4 Å².